The van der Waals surface area contributed by atoms with Crippen molar-refractivity contribution >= 4 is 34.1 Å². The molecule has 2 amide bonds. The first-order valence-electron chi connectivity index (χ1n) is 11.8. The average Bonchev–Trinajstić information content (AvgIpc) is 3.41. The molecule has 0 radical (unpaired) electrons. The molecule has 0 bridgehead atoms. The van der Waals surface area contributed by atoms with Gasteiger partial charge < -0.3 is 14.8 Å². The maximum Gasteiger partial charge on any atom is 0.328 e. The number of nitrogens with one attached hydrogen (secondary N) is 1. The minimum absolute atomic E-state index is 0.0255. The first-order chi connectivity index (χ1) is 16.5. The molecule has 3 aromatic rings. The summed E-state index contributed by atoms with van der Waals surface area (Å²) in [6.07, 6.45) is 3.15. The standard InChI is InChI=1S/C25H28N4O4S/c30-22(27-11-13-28(14-12-27)24(32)21-6-3-15-34-21)18-9-7-17(8-10-18)16-29-23(31)19-4-1-2-5-20(19)26-25(29)33/h1-6,15,17-18H,7-14,16H2,(H,26,33). The van der Waals surface area contributed by atoms with Crippen molar-refractivity contribution in [1.82, 2.24) is 19.4 Å². The smallest absolute Gasteiger partial charge is 0.328 e. The zero-order chi connectivity index (χ0) is 23.7. The van der Waals surface area contributed by atoms with Crippen molar-refractivity contribution in [3.05, 3.63) is 67.5 Å². The van der Waals surface area contributed by atoms with Crippen LogP contribution < -0.4 is 11.2 Å². The second-order valence-electron chi connectivity index (χ2n) is 9.20. The number of fused-ring (bicyclic) bond motifs is 1. The minimum atomic E-state index is -0.378. The molecule has 0 spiro atoms. The van der Waals surface area contributed by atoms with Gasteiger partial charge >= 0.3 is 5.69 Å². The van der Waals surface area contributed by atoms with Gasteiger partial charge in [-0.25, -0.2) is 4.79 Å². The van der Waals surface area contributed by atoms with Crippen molar-refractivity contribution in [2.75, 3.05) is 26.2 Å². The van der Waals surface area contributed by atoms with E-state index in [9.17, 15) is 19.2 Å². The SMILES string of the molecule is O=C(c1cccs1)N1CCN(C(=O)C2CCC(Cn3c(=O)[nH]c4ccccc4c3=O)CC2)CC1. The van der Waals surface area contributed by atoms with Gasteiger partial charge in [0.05, 0.1) is 15.8 Å². The zero-order valence-electron chi connectivity index (χ0n) is 18.9. The summed E-state index contributed by atoms with van der Waals surface area (Å²) in [4.78, 5) is 58.2. The highest BCUT2D eigenvalue weighted by molar-refractivity contribution is 7.12. The molecule has 8 nitrogen and oxygen atoms in total. The van der Waals surface area contributed by atoms with Gasteiger partial charge in [-0.3, -0.25) is 19.0 Å². The van der Waals surface area contributed by atoms with E-state index in [0.29, 0.717) is 43.6 Å². The van der Waals surface area contributed by atoms with Crippen molar-refractivity contribution in [2.45, 2.75) is 32.2 Å². The van der Waals surface area contributed by atoms with Gasteiger partial charge in [0.1, 0.15) is 0 Å². The largest absolute Gasteiger partial charge is 0.339 e. The van der Waals surface area contributed by atoms with Crippen molar-refractivity contribution in [1.29, 1.82) is 0 Å². The third-order valence-electron chi connectivity index (χ3n) is 7.14. The number of rotatable bonds is 4. The van der Waals surface area contributed by atoms with Gasteiger partial charge in [-0.15, -0.1) is 11.3 Å². The third kappa shape index (κ3) is 4.44. The molecule has 2 fully saturated rings. The molecule has 0 atom stereocenters. The van der Waals surface area contributed by atoms with Gasteiger partial charge in [-0.2, -0.15) is 0 Å². The highest BCUT2D eigenvalue weighted by atomic mass is 32.1. The van der Waals surface area contributed by atoms with Gasteiger partial charge in [0.25, 0.3) is 11.5 Å². The number of amides is 2. The Morgan fingerprint density at radius 2 is 1.62 bits per heavy atom. The molecule has 1 aromatic carbocycles. The Kier molecular flexibility index (Phi) is 6.36. The molecule has 178 valence electrons. The van der Waals surface area contributed by atoms with Crippen LogP contribution in [0.3, 0.4) is 0 Å². The van der Waals surface area contributed by atoms with E-state index < -0.39 is 0 Å². The van der Waals surface area contributed by atoms with E-state index in [2.05, 4.69) is 4.98 Å². The Morgan fingerprint density at radius 1 is 0.912 bits per heavy atom. The predicted molar refractivity (Wildman–Crippen MR) is 131 cm³/mol. The van der Waals surface area contributed by atoms with Crippen molar-refractivity contribution < 1.29 is 9.59 Å². The molecule has 2 aromatic heterocycles. The Labute approximate surface area is 200 Å². The van der Waals surface area contributed by atoms with Crippen LogP contribution in [0.25, 0.3) is 10.9 Å². The highest BCUT2D eigenvalue weighted by Gasteiger charge is 2.32. The second-order valence-corrected chi connectivity index (χ2v) is 10.2. The van der Waals surface area contributed by atoms with Gasteiger partial charge in [-0.1, -0.05) is 18.2 Å². The summed E-state index contributed by atoms with van der Waals surface area (Å²) in [5, 5.41) is 2.42. The topological polar surface area (TPSA) is 95.5 Å². The number of aromatic nitrogens is 2. The van der Waals surface area contributed by atoms with Gasteiger partial charge in [-0.05, 0) is 55.2 Å². The molecule has 34 heavy (non-hydrogen) atoms. The molecular formula is C25H28N4O4S. The zero-order valence-corrected chi connectivity index (χ0v) is 19.8. The molecule has 1 saturated heterocycles. The van der Waals surface area contributed by atoms with Crippen LogP contribution in [-0.2, 0) is 11.3 Å². The Morgan fingerprint density at radius 3 is 2.32 bits per heavy atom. The third-order valence-corrected chi connectivity index (χ3v) is 7.99. The Hall–Kier alpha value is -3.20. The summed E-state index contributed by atoms with van der Waals surface area (Å²) in [6, 6.07) is 10.8. The van der Waals surface area contributed by atoms with Gasteiger partial charge in [0.15, 0.2) is 0 Å². The molecule has 3 heterocycles. The molecule has 5 rings (SSSR count). The summed E-state index contributed by atoms with van der Waals surface area (Å²) in [5.41, 5.74) is -0.0791. The lowest BCUT2D eigenvalue weighted by atomic mass is 9.81. The quantitative estimate of drug-likeness (QED) is 0.621. The number of thiophene rings is 1. The van der Waals surface area contributed by atoms with E-state index in [-0.39, 0.29) is 34.9 Å². The number of H-pyrrole nitrogens is 1. The molecule has 1 saturated carbocycles. The number of benzene rings is 1. The minimum Gasteiger partial charge on any atom is -0.339 e. The van der Waals surface area contributed by atoms with Gasteiger partial charge in [0, 0.05) is 38.6 Å². The van der Waals surface area contributed by atoms with Crippen LogP contribution in [0, 0.1) is 11.8 Å². The average molecular weight is 481 g/mol. The number of para-hydroxylation sites is 1. The normalized spacial score (nSPS) is 21.1. The maximum absolute atomic E-state index is 13.1. The van der Waals surface area contributed by atoms with Crippen molar-refractivity contribution in [3.8, 4) is 0 Å². The van der Waals surface area contributed by atoms with E-state index in [1.807, 2.05) is 27.3 Å². The summed E-state index contributed by atoms with van der Waals surface area (Å²) >= 11 is 1.44. The molecule has 1 N–H and O–H groups in total. The predicted octanol–water partition coefficient (Wildman–Crippen LogP) is 2.54. The van der Waals surface area contributed by atoms with Crippen LogP contribution in [0.15, 0.2) is 51.4 Å². The summed E-state index contributed by atoms with van der Waals surface area (Å²) in [5.74, 6) is 0.385. The second kappa shape index (κ2) is 9.58. The summed E-state index contributed by atoms with van der Waals surface area (Å²) in [7, 11) is 0. The number of aromatic amines is 1. The maximum atomic E-state index is 13.1. The van der Waals surface area contributed by atoms with E-state index in [1.54, 1.807) is 24.3 Å². The number of piperazine rings is 1. The molecule has 0 unspecified atom stereocenters. The van der Waals surface area contributed by atoms with E-state index in [0.717, 1.165) is 30.6 Å². The first kappa shape index (κ1) is 22.6. The molecular weight excluding hydrogens is 452 g/mol. The number of nitrogens with zero attached hydrogens (tertiary/aromatic N) is 3. The fourth-order valence-electron chi connectivity index (χ4n) is 5.16. The fraction of sp³-hybridized carbons (Fsp3) is 0.440. The van der Waals surface area contributed by atoms with Crippen LogP contribution >= 0.6 is 11.3 Å². The van der Waals surface area contributed by atoms with E-state index >= 15 is 0 Å². The van der Waals surface area contributed by atoms with Crippen molar-refractivity contribution in [3.63, 3.8) is 0 Å². The van der Waals surface area contributed by atoms with Crippen LogP contribution in [0.2, 0.25) is 0 Å². The number of hydrogen-bond acceptors (Lipinski definition) is 5. The summed E-state index contributed by atoms with van der Waals surface area (Å²) in [6.45, 7) is 2.63. The lowest BCUT2D eigenvalue weighted by molar-refractivity contribution is -0.138. The van der Waals surface area contributed by atoms with Crippen LogP contribution in [0.4, 0.5) is 0 Å². The summed E-state index contributed by atoms with van der Waals surface area (Å²) < 4.78 is 1.30. The van der Waals surface area contributed by atoms with Crippen LogP contribution in [0.5, 0.6) is 0 Å². The van der Waals surface area contributed by atoms with E-state index in [1.165, 1.54) is 15.9 Å². The Balaban J connectivity index is 1.15. The molecule has 1 aliphatic carbocycles. The van der Waals surface area contributed by atoms with Gasteiger partial charge in [0.2, 0.25) is 5.91 Å². The number of hydrogen-bond donors (Lipinski definition) is 1. The number of carbonyl (C=O) groups excluding carboxylic acids is 2. The van der Waals surface area contributed by atoms with Crippen LogP contribution in [0.1, 0.15) is 35.4 Å². The monoisotopic (exact) mass is 480 g/mol. The van der Waals surface area contributed by atoms with Crippen LogP contribution in [-0.4, -0.2) is 57.3 Å². The molecule has 9 heteroatoms. The van der Waals surface area contributed by atoms with Crippen molar-refractivity contribution in [2.24, 2.45) is 11.8 Å². The lowest BCUT2D eigenvalue weighted by Crippen LogP contribution is -2.52. The number of carbonyl (C=O) groups is 2. The molecule has 2 aliphatic rings. The highest BCUT2D eigenvalue weighted by Crippen LogP contribution is 2.31. The Bertz CT molecular complexity index is 1300. The first-order valence-corrected chi connectivity index (χ1v) is 12.7. The van der Waals surface area contributed by atoms with E-state index in [4.69, 9.17) is 0 Å². The lowest BCUT2D eigenvalue weighted by Gasteiger charge is -2.37. The fourth-order valence-corrected chi connectivity index (χ4v) is 5.85. The molecule has 1 aliphatic heterocycles.